The molecule has 1 unspecified atom stereocenters. The van der Waals surface area contributed by atoms with Crippen molar-refractivity contribution in [2.24, 2.45) is 11.7 Å². The van der Waals surface area contributed by atoms with Gasteiger partial charge in [0.25, 0.3) is 0 Å². The number of primary amides is 1. The SMILES string of the molecule is CCC(C)CN(C(N)=O)c1ccccc1.[H+]. The summed E-state index contributed by atoms with van der Waals surface area (Å²) in [6, 6.07) is 9.14. The van der Waals surface area contributed by atoms with E-state index in [4.69, 9.17) is 5.73 Å². The first-order chi connectivity index (χ1) is 7.15. The normalized spacial score (nSPS) is 12.1. The second kappa shape index (κ2) is 5.39. The van der Waals surface area contributed by atoms with Gasteiger partial charge in [-0.25, -0.2) is 4.79 Å². The zero-order valence-electron chi connectivity index (χ0n) is 10.3. The first-order valence-electron chi connectivity index (χ1n) is 5.27. The topological polar surface area (TPSA) is 46.3 Å². The Balaban J connectivity index is 0.00000225. The lowest BCUT2D eigenvalue weighted by Crippen LogP contribution is -2.38. The summed E-state index contributed by atoms with van der Waals surface area (Å²) in [6.45, 7) is 4.89. The third-order valence-corrected chi connectivity index (χ3v) is 2.53. The van der Waals surface area contributed by atoms with Crippen LogP contribution < -0.4 is 10.6 Å². The minimum atomic E-state index is -0.387. The summed E-state index contributed by atoms with van der Waals surface area (Å²) in [7, 11) is 0. The Morgan fingerprint density at radius 2 is 2.07 bits per heavy atom. The molecule has 15 heavy (non-hydrogen) atoms. The highest BCUT2D eigenvalue weighted by Gasteiger charge is 2.14. The van der Waals surface area contributed by atoms with Crippen LogP contribution >= 0.6 is 0 Å². The number of para-hydroxylation sites is 1. The minimum Gasteiger partial charge on any atom is -0.351 e. The van der Waals surface area contributed by atoms with Crippen LogP contribution in [-0.4, -0.2) is 12.6 Å². The van der Waals surface area contributed by atoms with Gasteiger partial charge >= 0.3 is 7.46 Å². The maximum Gasteiger partial charge on any atom is 1.00 e. The fourth-order valence-electron chi connectivity index (χ4n) is 1.37. The highest BCUT2D eigenvalue weighted by Crippen LogP contribution is 2.15. The lowest BCUT2D eigenvalue weighted by molar-refractivity contribution is 0.253. The van der Waals surface area contributed by atoms with E-state index in [0.717, 1.165) is 12.1 Å². The summed E-state index contributed by atoms with van der Waals surface area (Å²) in [5.74, 6) is 0.456. The van der Waals surface area contributed by atoms with Gasteiger partial charge in [-0.15, -0.1) is 0 Å². The molecule has 0 fully saturated rings. The van der Waals surface area contributed by atoms with Gasteiger partial charge in [-0.2, -0.15) is 0 Å². The molecule has 0 bridgehead atoms. The molecule has 0 spiro atoms. The maximum atomic E-state index is 11.3. The van der Waals surface area contributed by atoms with Crippen molar-refractivity contribution in [2.45, 2.75) is 20.3 Å². The second-order valence-electron chi connectivity index (χ2n) is 3.80. The Morgan fingerprint density at radius 3 is 2.53 bits per heavy atom. The van der Waals surface area contributed by atoms with E-state index in [1.54, 1.807) is 4.90 Å². The molecule has 0 saturated heterocycles. The third-order valence-electron chi connectivity index (χ3n) is 2.53. The summed E-state index contributed by atoms with van der Waals surface area (Å²) in [5.41, 5.74) is 6.22. The molecule has 0 aliphatic heterocycles. The molecule has 1 aromatic rings. The summed E-state index contributed by atoms with van der Waals surface area (Å²) in [4.78, 5) is 12.9. The molecule has 0 aliphatic carbocycles. The zero-order valence-corrected chi connectivity index (χ0v) is 9.31. The summed E-state index contributed by atoms with van der Waals surface area (Å²) in [6.07, 6.45) is 1.04. The fourth-order valence-corrected chi connectivity index (χ4v) is 1.37. The van der Waals surface area contributed by atoms with E-state index < -0.39 is 0 Å². The van der Waals surface area contributed by atoms with Gasteiger partial charge < -0.3 is 5.73 Å². The van der Waals surface area contributed by atoms with Gasteiger partial charge in [-0.05, 0) is 18.1 Å². The van der Waals surface area contributed by atoms with Crippen LogP contribution in [0, 0.1) is 5.92 Å². The van der Waals surface area contributed by atoms with Gasteiger partial charge in [0, 0.05) is 12.2 Å². The van der Waals surface area contributed by atoms with Crippen LogP contribution in [0.15, 0.2) is 30.3 Å². The Bertz CT molecular complexity index is 316. The molecule has 1 aromatic carbocycles. The highest BCUT2D eigenvalue weighted by molar-refractivity contribution is 5.90. The van der Waals surface area contributed by atoms with Crippen molar-refractivity contribution in [3.05, 3.63) is 30.3 Å². The number of benzene rings is 1. The Labute approximate surface area is 92.4 Å². The van der Waals surface area contributed by atoms with Crippen molar-refractivity contribution in [1.82, 2.24) is 0 Å². The smallest absolute Gasteiger partial charge is 0.351 e. The molecule has 0 saturated carbocycles. The van der Waals surface area contributed by atoms with E-state index in [9.17, 15) is 4.79 Å². The van der Waals surface area contributed by atoms with Gasteiger partial charge in [-0.1, -0.05) is 38.5 Å². The average Bonchev–Trinajstić information content (AvgIpc) is 2.26. The molecule has 0 aromatic heterocycles. The Hall–Kier alpha value is -1.51. The predicted molar refractivity (Wildman–Crippen MR) is 63.9 cm³/mol. The molecule has 0 aliphatic rings. The largest absolute Gasteiger partial charge is 1.00 e. The molecule has 2 N–H and O–H groups in total. The molecule has 1 atom stereocenters. The molecule has 0 heterocycles. The van der Waals surface area contributed by atoms with Gasteiger partial charge in [0.1, 0.15) is 0 Å². The molecular formula is C12H19N2O+. The minimum absolute atomic E-state index is 0. The molecule has 2 amide bonds. The number of anilines is 1. The van der Waals surface area contributed by atoms with E-state index in [1.165, 1.54) is 0 Å². The number of urea groups is 1. The van der Waals surface area contributed by atoms with Crippen LogP contribution in [0.5, 0.6) is 0 Å². The summed E-state index contributed by atoms with van der Waals surface area (Å²) in [5, 5.41) is 0. The lowest BCUT2D eigenvalue weighted by Gasteiger charge is -2.23. The van der Waals surface area contributed by atoms with Crippen molar-refractivity contribution in [3.8, 4) is 0 Å². The number of rotatable bonds is 4. The maximum absolute atomic E-state index is 11.3. The number of nitrogens with zero attached hydrogens (tertiary/aromatic N) is 1. The Morgan fingerprint density at radius 1 is 1.47 bits per heavy atom. The van der Waals surface area contributed by atoms with E-state index in [0.29, 0.717) is 12.5 Å². The third kappa shape index (κ3) is 3.27. The summed E-state index contributed by atoms with van der Waals surface area (Å²) < 4.78 is 0. The van der Waals surface area contributed by atoms with E-state index >= 15 is 0 Å². The first kappa shape index (κ1) is 11.6. The predicted octanol–water partition coefficient (Wildman–Crippen LogP) is 2.73. The van der Waals surface area contributed by atoms with Gasteiger partial charge in [-0.3, -0.25) is 4.90 Å². The lowest BCUT2D eigenvalue weighted by atomic mass is 10.1. The van der Waals surface area contributed by atoms with Crippen molar-refractivity contribution >= 4 is 11.7 Å². The molecule has 3 heteroatoms. The zero-order chi connectivity index (χ0) is 11.3. The van der Waals surface area contributed by atoms with E-state index in [2.05, 4.69) is 13.8 Å². The number of carbonyl (C=O) groups is 1. The van der Waals surface area contributed by atoms with Crippen LogP contribution in [0.3, 0.4) is 0 Å². The van der Waals surface area contributed by atoms with Crippen molar-refractivity contribution in [2.75, 3.05) is 11.4 Å². The molecular weight excluding hydrogens is 188 g/mol. The Kier molecular flexibility index (Phi) is 4.16. The van der Waals surface area contributed by atoms with Gasteiger partial charge in [0.15, 0.2) is 0 Å². The van der Waals surface area contributed by atoms with E-state index in [1.807, 2.05) is 30.3 Å². The average molecular weight is 207 g/mol. The number of hydrogen-bond donors (Lipinski definition) is 1. The van der Waals surface area contributed by atoms with Crippen molar-refractivity contribution in [3.63, 3.8) is 0 Å². The van der Waals surface area contributed by atoms with Gasteiger partial charge in [0.05, 0.1) is 0 Å². The fraction of sp³-hybridized carbons (Fsp3) is 0.417. The number of hydrogen-bond acceptors (Lipinski definition) is 1. The molecule has 3 nitrogen and oxygen atoms in total. The van der Waals surface area contributed by atoms with Crippen LogP contribution in [0.1, 0.15) is 21.7 Å². The molecule has 82 valence electrons. The standard InChI is InChI=1S/C12H18N2O/c1-3-10(2)9-14(12(13)15)11-7-5-4-6-8-11/h4-8,10H,3,9H2,1-2H3,(H2,13,15)/p+1. The number of amides is 2. The van der Waals surface area contributed by atoms with Crippen LogP contribution in [0.2, 0.25) is 0 Å². The first-order valence-corrected chi connectivity index (χ1v) is 5.27. The van der Waals surface area contributed by atoms with Crippen LogP contribution in [0.25, 0.3) is 0 Å². The quantitative estimate of drug-likeness (QED) is 0.810. The number of carbonyl (C=O) groups excluding carboxylic acids is 1. The van der Waals surface area contributed by atoms with Crippen molar-refractivity contribution in [1.29, 1.82) is 0 Å². The molecule has 1 rings (SSSR count). The van der Waals surface area contributed by atoms with Crippen molar-refractivity contribution < 1.29 is 6.22 Å². The van der Waals surface area contributed by atoms with E-state index in [-0.39, 0.29) is 7.46 Å². The monoisotopic (exact) mass is 207 g/mol. The summed E-state index contributed by atoms with van der Waals surface area (Å²) >= 11 is 0. The second-order valence-corrected chi connectivity index (χ2v) is 3.80. The van der Waals surface area contributed by atoms with Crippen LogP contribution in [0.4, 0.5) is 10.5 Å². The highest BCUT2D eigenvalue weighted by atomic mass is 16.2. The van der Waals surface area contributed by atoms with Crippen LogP contribution in [-0.2, 0) is 0 Å². The number of nitrogens with two attached hydrogens (primary N) is 1. The molecule has 0 radical (unpaired) electrons. The van der Waals surface area contributed by atoms with Gasteiger partial charge in [0.2, 0.25) is 0 Å².